The van der Waals surface area contributed by atoms with Crippen LogP contribution in [-0.4, -0.2) is 11.1 Å². The van der Waals surface area contributed by atoms with Gasteiger partial charge in [-0.05, 0) is 17.8 Å². The average Bonchev–Trinajstić information content (AvgIpc) is 2.27. The zero-order valence-electron chi connectivity index (χ0n) is 10.2. The van der Waals surface area contributed by atoms with Crippen LogP contribution in [0.1, 0.15) is 52.9 Å². The average molecular weight is 212 g/mol. The first kappa shape index (κ1) is 12.5. The third-order valence-electron chi connectivity index (χ3n) is 4.40. The fraction of sp³-hybridized carbons (Fsp3) is 0.923. The lowest BCUT2D eigenvalue weighted by atomic mass is 9.72. The fourth-order valence-corrected chi connectivity index (χ4v) is 2.77. The SMILES string of the molecule is CC(C(=O)O)C(C)C(C)C1CCCCC1. The molecular weight excluding hydrogens is 188 g/mol. The van der Waals surface area contributed by atoms with Crippen molar-refractivity contribution in [3.63, 3.8) is 0 Å². The van der Waals surface area contributed by atoms with Crippen LogP contribution in [0.5, 0.6) is 0 Å². The molecule has 2 heteroatoms. The van der Waals surface area contributed by atoms with Gasteiger partial charge < -0.3 is 5.11 Å². The van der Waals surface area contributed by atoms with Crippen molar-refractivity contribution in [3.8, 4) is 0 Å². The summed E-state index contributed by atoms with van der Waals surface area (Å²) in [5.41, 5.74) is 0. The van der Waals surface area contributed by atoms with Crippen LogP contribution in [0.2, 0.25) is 0 Å². The maximum absolute atomic E-state index is 10.9. The van der Waals surface area contributed by atoms with Crippen LogP contribution < -0.4 is 0 Å². The molecular formula is C13H24O2. The lowest BCUT2D eigenvalue weighted by Gasteiger charge is -2.33. The Morgan fingerprint density at radius 1 is 1.13 bits per heavy atom. The van der Waals surface area contributed by atoms with Crippen molar-refractivity contribution in [1.29, 1.82) is 0 Å². The molecule has 1 aliphatic rings. The van der Waals surface area contributed by atoms with E-state index in [0.717, 1.165) is 5.92 Å². The third kappa shape index (κ3) is 3.22. The molecule has 3 atom stereocenters. The zero-order valence-corrected chi connectivity index (χ0v) is 10.2. The van der Waals surface area contributed by atoms with Crippen LogP contribution in [0, 0.1) is 23.7 Å². The smallest absolute Gasteiger partial charge is 0.306 e. The van der Waals surface area contributed by atoms with Gasteiger partial charge in [-0.3, -0.25) is 4.79 Å². The van der Waals surface area contributed by atoms with E-state index in [-0.39, 0.29) is 5.92 Å². The van der Waals surface area contributed by atoms with Crippen molar-refractivity contribution in [1.82, 2.24) is 0 Å². The van der Waals surface area contributed by atoms with E-state index in [1.807, 2.05) is 6.92 Å². The molecule has 0 aromatic heterocycles. The van der Waals surface area contributed by atoms with Gasteiger partial charge in [0.05, 0.1) is 5.92 Å². The van der Waals surface area contributed by atoms with Crippen LogP contribution >= 0.6 is 0 Å². The predicted octanol–water partition coefficient (Wildman–Crippen LogP) is 3.56. The maximum Gasteiger partial charge on any atom is 0.306 e. The van der Waals surface area contributed by atoms with Gasteiger partial charge in [-0.1, -0.05) is 52.9 Å². The molecule has 0 aromatic carbocycles. The highest BCUT2D eigenvalue weighted by atomic mass is 16.4. The number of rotatable bonds is 4. The highest BCUT2D eigenvalue weighted by Gasteiger charge is 2.30. The molecule has 3 unspecified atom stereocenters. The Morgan fingerprint density at radius 3 is 2.13 bits per heavy atom. The molecule has 0 aliphatic heterocycles. The number of aliphatic carboxylic acids is 1. The van der Waals surface area contributed by atoms with Gasteiger partial charge in [0.25, 0.3) is 0 Å². The minimum atomic E-state index is -0.648. The van der Waals surface area contributed by atoms with Gasteiger partial charge in [0.2, 0.25) is 0 Å². The molecule has 0 saturated heterocycles. The van der Waals surface area contributed by atoms with Crippen molar-refractivity contribution in [3.05, 3.63) is 0 Å². The van der Waals surface area contributed by atoms with E-state index in [9.17, 15) is 4.79 Å². The van der Waals surface area contributed by atoms with Crippen LogP contribution in [0.3, 0.4) is 0 Å². The van der Waals surface area contributed by atoms with Crippen molar-refractivity contribution >= 4 is 5.97 Å². The molecule has 0 radical (unpaired) electrons. The lowest BCUT2D eigenvalue weighted by Crippen LogP contribution is -2.29. The molecule has 1 saturated carbocycles. The van der Waals surface area contributed by atoms with Crippen LogP contribution in [0.4, 0.5) is 0 Å². The standard InChI is InChI=1S/C13H24O2/c1-9(11(3)13(14)15)10(2)12-7-5-4-6-8-12/h9-12H,4-8H2,1-3H3,(H,14,15). The first-order valence-electron chi connectivity index (χ1n) is 6.26. The zero-order chi connectivity index (χ0) is 11.4. The maximum atomic E-state index is 10.9. The first-order chi connectivity index (χ1) is 7.04. The summed E-state index contributed by atoms with van der Waals surface area (Å²) in [5.74, 6) is 0.754. The highest BCUT2D eigenvalue weighted by Crippen LogP contribution is 2.36. The Kier molecular flexibility index (Phi) is 4.62. The molecule has 0 spiro atoms. The van der Waals surface area contributed by atoms with Gasteiger partial charge in [0.1, 0.15) is 0 Å². The molecule has 0 aromatic rings. The van der Waals surface area contributed by atoms with E-state index in [1.165, 1.54) is 32.1 Å². The number of hydrogen-bond donors (Lipinski definition) is 1. The van der Waals surface area contributed by atoms with Crippen LogP contribution in [-0.2, 0) is 4.79 Å². The molecule has 15 heavy (non-hydrogen) atoms. The van der Waals surface area contributed by atoms with Crippen molar-refractivity contribution < 1.29 is 9.90 Å². The Hall–Kier alpha value is -0.530. The minimum absolute atomic E-state index is 0.207. The second kappa shape index (κ2) is 5.53. The summed E-state index contributed by atoms with van der Waals surface area (Å²) in [6.07, 6.45) is 6.65. The molecule has 2 nitrogen and oxygen atoms in total. The lowest BCUT2D eigenvalue weighted by molar-refractivity contribution is -0.143. The second-order valence-corrected chi connectivity index (χ2v) is 5.24. The van der Waals surface area contributed by atoms with Gasteiger partial charge >= 0.3 is 5.97 Å². The Bertz CT molecular complexity index is 207. The molecule has 1 aliphatic carbocycles. The van der Waals surface area contributed by atoms with Gasteiger partial charge in [-0.2, -0.15) is 0 Å². The predicted molar refractivity (Wildman–Crippen MR) is 61.7 cm³/mol. The van der Waals surface area contributed by atoms with Crippen molar-refractivity contribution in [2.75, 3.05) is 0 Å². The quantitative estimate of drug-likeness (QED) is 0.773. The fourth-order valence-electron chi connectivity index (χ4n) is 2.77. The number of hydrogen-bond acceptors (Lipinski definition) is 1. The topological polar surface area (TPSA) is 37.3 Å². The van der Waals surface area contributed by atoms with Crippen molar-refractivity contribution in [2.24, 2.45) is 23.7 Å². The summed E-state index contributed by atoms with van der Waals surface area (Å²) in [5, 5.41) is 9.00. The van der Waals surface area contributed by atoms with E-state index in [4.69, 9.17) is 5.11 Å². The molecule has 0 heterocycles. The second-order valence-electron chi connectivity index (χ2n) is 5.24. The summed E-state index contributed by atoms with van der Waals surface area (Å²) in [6, 6.07) is 0. The molecule has 1 fully saturated rings. The molecule has 1 N–H and O–H groups in total. The van der Waals surface area contributed by atoms with E-state index in [0.29, 0.717) is 11.8 Å². The van der Waals surface area contributed by atoms with Gasteiger partial charge in [0, 0.05) is 0 Å². The van der Waals surface area contributed by atoms with E-state index >= 15 is 0 Å². The largest absolute Gasteiger partial charge is 0.481 e. The molecule has 0 amide bonds. The normalized spacial score (nSPS) is 24.5. The Morgan fingerprint density at radius 2 is 1.67 bits per heavy atom. The van der Waals surface area contributed by atoms with E-state index in [1.54, 1.807) is 0 Å². The van der Waals surface area contributed by atoms with Gasteiger partial charge in [0.15, 0.2) is 0 Å². The van der Waals surface area contributed by atoms with Crippen molar-refractivity contribution in [2.45, 2.75) is 52.9 Å². The number of carbonyl (C=O) groups is 1. The minimum Gasteiger partial charge on any atom is -0.481 e. The summed E-state index contributed by atoms with van der Waals surface area (Å²) < 4.78 is 0. The van der Waals surface area contributed by atoms with Gasteiger partial charge in [-0.15, -0.1) is 0 Å². The first-order valence-corrected chi connectivity index (χ1v) is 6.26. The number of carboxylic acid groups (broad SMARTS) is 1. The Labute approximate surface area is 93.1 Å². The molecule has 1 rings (SSSR count). The van der Waals surface area contributed by atoms with Crippen LogP contribution in [0.25, 0.3) is 0 Å². The molecule has 0 bridgehead atoms. The van der Waals surface area contributed by atoms with Gasteiger partial charge in [-0.25, -0.2) is 0 Å². The third-order valence-corrected chi connectivity index (χ3v) is 4.40. The summed E-state index contributed by atoms with van der Waals surface area (Å²) in [4.78, 5) is 10.9. The number of carboxylic acids is 1. The monoisotopic (exact) mass is 212 g/mol. The van der Waals surface area contributed by atoms with Crippen LogP contribution in [0.15, 0.2) is 0 Å². The molecule has 88 valence electrons. The summed E-state index contributed by atoms with van der Waals surface area (Å²) in [6.45, 7) is 6.17. The van der Waals surface area contributed by atoms with E-state index < -0.39 is 5.97 Å². The summed E-state index contributed by atoms with van der Waals surface area (Å²) in [7, 11) is 0. The van der Waals surface area contributed by atoms with E-state index in [2.05, 4.69) is 13.8 Å². The Balaban J connectivity index is 2.50. The summed E-state index contributed by atoms with van der Waals surface area (Å²) >= 11 is 0. The highest BCUT2D eigenvalue weighted by molar-refractivity contribution is 5.69.